The Morgan fingerprint density at radius 2 is 1.94 bits per heavy atom. The van der Waals surface area contributed by atoms with Gasteiger partial charge in [0.05, 0.1) is 25.5 Å². The fraction of sp³-hybridized carbons (Fsp3) is 0.200. The molecule has 1 N–H and O–H groups in total. The summed E-state index contributed by atoms with van der Waals surface area (Å²) in [5.74, 6) is -0.388. The van der Waals surface area contributed by atoms with Crippen LogP contribution in [0.25, 0.3) is 5.69 Å². The first-order valence-electron chi connectivity index (χ1n) is 4.90. The highest BCUT2D eigenvalue weighted by Crippen LogP contribution is 2.31. The lowest BCUT2D eigenvalue weighted by atomic mass is 10.1. The van der Waals surface area contributed by atoms with Gasteiger partial charge < -0.3 is 14.6 Å². The predicted octanol–water partition coefficient (Wildman–Crippen LogP) is 0.378. The molecule has 0 atom stereocenters. The largest absolute Gasteiger partial charge is 0.493 e. The Hall–Kier alpha value is -2.64. The summed E-state index contributed by atoms with van der Waals surface area (Å²) in [5.41, 5.74) is 0.310. The maximum Gasteiger partial charge on any atom is 0.338 e. The van der Waals surface area contributed by atoms with Gasteiger partial charge in [-0.2, -0.15) is 4.68 Å². The molecular weight excluding hydrogens is 240 g/mol. The van der Waals surface area contributed by atoms with E-state index in [0.29, 0.717) is 17.2 Å². The van der Waals surface area contributed by atoms with Gasteiger partial charge >= 0.3 is 5.97 Å². The van der Waals surface area contributed by atoms with E-state index in [2.05, 4.69) is 15.5 Å². The second-order valence-corrected chi connectivity index (χ2v) is 3.28. The number of rotatable bonds is 4. The minimum absolute atomic E-state index is 0.0138. The van der Waals surface area contributed by atoms with E-state index in [1.165, 1.54) is 37.4 Å². The van der Waals surface area contributed by atoms with Crippen molar-refractivity contribution in [3.05, 3.63) is 24.0 Å². The Kier molecular flexibility index (Phi) is 3.09. The lowest BCUT2D eigenvalue weighted by Gasteiger charge is -2.11. The number of hydrogen-bond donors (Lipinski definition) is 1. The molecule has 0 fully saturated rings. The minimum Gasteiger partial charge on any atom is -0.493 e. The number of methoxy groups -OCH3 is 2. The zero-order valence-electron chi connectivity index (χ0n) is 9.69. The number of hydrogen-bond acceptors (Lipinski definition) is 6. The average Bonchev–Trinajstić information content (AvgIpc) is 2.90. The van der Waals surface area contributed by atoms with Crippen LogP contribution in [0.2, 0.25) is 0 Å². The Labute approximate surface area is 102 Å². The Morgan fingerprint density at radius 1 is 1.28 bits per heavy atom. The zero-order chi connectivity index (χ0) is 13.1. The lowest BCUT2D eigenvalue weighted by Crippen LogP contribution is -2.07. The summed E-state index contributed by atoms with van der Waals surface area (Å²) < 4.78 is 11.4. The summed E-state index contributed by atoms with van der Waals surface area (Å²) in [6.07, 6.45) is 1.30. The van der Waals surface area contributed by atoms with Crippen molar-refractivity contribution in [1.29, 1.82) is 0 Å². The SMILES string of the molecule is COc1cc(C(=O)O)c(-n2cnnn2)cc1OC. The van der Waals surface area contributed by atoms with Crippen molar-refractivity contribution in [2.45, 2.75) is 0 Å². The molecule has 94 valence electrons. The van der Waals surface area contributed by atoms with E-state index in [1.807, 2.05) is 0 Å². The maximum absolute atomic E-state index is 11.2. The van der Waals surface area contributed by atoms with Gasteiger partial charge in [0.1, 0.15) is 6.33 Å². The average molecular weight is 250 g/mol. The Bertz CT molecular complexity index is 568. The second kappa shape index (κ2) is 4.70. The number of carbonyl (C=O) groups is 1. The van der Waals surface area contributed by atoms with Crippen LogP contribution in [0.5, 0.6) is 11.5 Å². The molecule has 0 saturated carbocycles. The van der Waals surface area contributed by atoms with Crippen LogP contribution in [0.3, 0.4) is 0 Å². The van der Waals surface area contributed by atoms with E-state index >= 15 is 0 Å². The molecule has 0 amide bonds. The normalized spacial score (nSPS) is 10.1. The number of nitrogens with zero attached hydrogens (tertiary/aromatic N) is 4. The van der Waals surface area contributed by atoms with Gasteiger partial charge in [-0.3, -0.25) is 0 Å². The van der Waals surface area contributed by atoms with Gasteiger partial charge in [-0.05, 0) is 10.4 Å². The molecule has 0 spiro atoms. The van der Waals surface area contributed by atoms with Crippen LogP contribution >= 0.6 is 0 Å². The first kappa shape index (κ1) is 11.8. The first-order valence-corrected chi connectivity index (χ1v) is 4.90. The first-order chi connectivity index (χ1) is 8.67. The van der Waals surface area contributed by atoms with E-state index in [4.69, 9.17) is 14.6 Å². The molecule has 0 saturated heterocycles. The molecule has 8 nitrogen and oxygen atoms in total. The number of carboxylic acids is 1. The van der Waals surface area contributed by atoms with Crippen LogP contribution in [-0.2, 0) is 0 Å². The summed E-state index contributed by atoms with van der Waals surface area (Å²) in [4.78, 5) is 11.2. The minimum atomic E-state index is -1.11. The number of aromatic nitrogens is 4. The molecule has 18 heavy (non-hydrogen) atoms. The topological polar surface area (TPSA) is 99.4 Å². The number of carboxylic acid groups (broad SMARTS) is 1. The van der Waals surface area contributed by atoms with Crippen LogP contribution < -0.4 is 9.47 Å². The van der Waals surface area contributed by atoms with Crippen LogP contribution in [0.1, 0.15) is 10.4 Å². The van der Waals surface area contributed by atoms with Gasteiger partial charge in [0, 0.05) is 12.1 Å². The van der Waals surface area contributed by atoms with Crippen LogP contribution in [0, 0.1) is 0 Å². The molecule has 0 aliphatic carbocycles. The Balaban J connectivity index is 2.66. The fourth-order valence-electron chi connectivity index (χ4n) is 1.50. The highest BCUT2D eigenvalue weighted by Gasteiger charge is 2.18. The van der Waals surface area contributed by atoms with Crippen molar-refractivity contribution >= 4 is 5.97 Å². The quantitative estimate of drug-likeness (QED) is 0.837. The smallest absolute Gasteiger partial charge is 0.338 e. The molecule has 8 heteroatoms. The molecule has 0 aliphatic rings. The van der Waals surface area contributed by atoms with E-state index in [9.17, 15) is 4.79 Å². The fourth-order valence-corrected chi connectivity index (χ4v) is 1.50. The van der Waals surface area contributed by atoms with Crippen molar-refractivity contribution in [3.63, 3.8) is 0 Å². The van der Waals surface area contributed by atoms with Gasteiger partial charge in [-0.25, -0.2) is 4.79 Å². The maximum atomic E-state index is 11.2. The van der Waals surface area contributed by atoms with Gasteiger partial charge in [0.15, 0.2) is 11.5 Å². The summed E-state index contributed by atoms with van der Waals surface area (Å²) in [6.45, 7) is 0. The molecule has 0 radical (unpaired) electrons. The zero-order valence-corrected chi connectivity index (χ0v) is 9.69. The molecule has 1 aromatic carbocycles. The molecule has 1 aromatic heterocycles. The summed E-state index contributed by atoms with van der Waals surface area (Å²) in [5, 5.41) is 19.8. The molecule has 0 aliphatic heterocycles. The monoisotopic (exact) mass is 250 g/mol. The van der Waals surface area contributed by atoms with E-state index in [0.717, 1.165) is 0 Å². The summed E-state index contributed by atoms with van der Waals surface area (Å²) >= 11 is 0. The summed E-state index contributed by atoms with van der Waals surface area (Å²) in [6, 6.07) is 2.86. The van der Waals surface area contributed by atoms with E-state index < -0.39 is 5.97 Å². The van der Waals surface area contributed by atoms with Gasteiger partial charge in [-0.15, -0.1) is 5.10 Å². The molecule has 0 unspecified atom stereocenters. The van der Waals surface area contributed by atoms with Crippen LogP contribution in [0.15, 0.2) is 18.5 Å². The predicted molar refractivity (Wildman–Crippen MR) is 59.2 cm³/mol. The van der Waals surface area contributed by atoms with Crippen molar-refractivity contribution in [2.24, 2.45) is 0 Å². The van der Waals surface area contributed by atoms with Crippen molar-refractivity contribution in [2.75, 3.05) is 14.2 Å². The Morgan fingerprint density at radius 3 is 2.44 bits per heavy atom. The number of ether oxygens (including phenoxy) is 2. The van der Waals surface area contributed by atoms with Crippen LogP contribution in [0.4, 0.5) is 0 Å². The van der Waals surface area contributed by atoms with Crippen LogP contribution in [-0.4, -0.2) is 45.5 Å². The highest BCUT2D eigenvalue weighted by molar-refractivity contribution is 5.93. The lowest BCUT2D eigenvalue weighted by molar-refractivity contribution is 0.0696. The third kappa shape index (κ3) is 1.95. The molecule has 1 heterocycles. The second-order valence-electron chi connectivity index (χ2n) is 3.28. The standard InChI is InChI=1S/C10H10N4O4/c1-17-8-3-6(10(15)16)7(4-9(8)18-2)14-5-11-12-13-14/h3-5H,1-2H3,(H,15,16). The third-order valence-electron chi connectivity index (χ3n) is 2.33. The number of aromatic carboxylic acids is 1. The number of benzene rings is 1. The van der Waals surface area contributed by atoms with Gasteiger partial charge in [0.25, 0.3) is 0 Å². The molecular formula is C10H10N4O4. The third-order valence-corrected chi connectivity index (χ3v) is 2.33. The van der Waals surface area contributed by atoms with Gasteiger partial charge in [0.2, 0.25) is 0 Å². The van der Waals surface area contributed by atoms with Gasteiger partial charge in [-0.1, -0.05) is 0 Å². The molecule has 2 aromatic rings. The van der Waals surface area contributed by atoms with Crippen molar-refractivity contribution in [3.8, 4) is 17.2 Å². The number of tetrazole rings is 1. The van der Waals surface area contributed by atoms with E-state index in [1.54, 1.807) is 0 Å². The van der Waals surface area contributed by atoms with Crippen molar-refractivity contribution in [1.82, 2.24) is 20.2 Å². The van der Waals surface area contributed by atoms with Crippen molar-refractivity contribution < 1.29 is 19.4 Å². The molecule has 2 rings (SSSR count). The van der Waals surface area contributed by atoms with E-state index in [-0.39, 0.29) is 5.56 Å². The highest BCUT2D eigenvalue weighted by atomic mass is 16.5. The summed E-state index contributed by atoms with van der Waals surface area (Å²) in [7, 11) is 2.89. The molecule has 0 bridgehead atoms.